The monoisotopic (exact) mass is 710 g/mol. The normalized spacial score (nSPS) is 12.1. The average molecular weight is 711 g/mol. The maximum Gasteiger partial charge on any atom is -0.00928 e. The van der Waals surface area contributed by atoms with Crippen molar-refractivity contribution < 1.29 is 0 Å². The van der Waals surface area contributed by atoms with E-state index in [0.717, 1.165) is 0 Å². The number of benzene rings is 10. The molecule has 0 atom stereocenters. The van der Waals surface area contributed by atoms with E-state index in [0.29, 0.717) is 0 Å². The summed E-state index contributed by atoms with van der Waals surface area (Å²) in [6.45, 7) is 0. The van der Waals surface area contributed by atoms with Crippen molar-refractivity contribution in [2.24, 2.45) is 0 Å². The highest BCUT2D eigenvalue weighted by Gasteiger charge is 2.16. The average Bonchev–Trinajstić information content (AvgIpc) is 3.28. The van der Waals surface area contributed by atoms with Gasteiger partial charge in [-0.1, -0.05) is 194 Å². The van der Waals surface area contributed by atoms with Gasteiger partial charge in [-0.05, 0) is 135 Å². The molecule has 0 amide bonds. The van der Waals surface area contributed by atoms with E-state index in [1.165, 1.54) is 98.7 Å². The lowest BCUT2D eigenvalue weighted by atomic mass is 9.87. The lowest BCUT2D eigenvalue weighted by Gasteiger charge is -2.17. The van der Waals surface area contributed by atoms with Gasteiger partial charge in [-0.3, -0.25) is 0 Å². The van der Waals surface area contributed by atoms with Crippen molar-refractivity contribution in [3.63, 3.8) is 0 Å². The standard InChI is InChI=1S/C56H38/c1-5-17-39(18-6-1)33-51(41-21-9-3-10-22-41)55-37-45-31-29-43(35-53(45)47-25-13-15-27-49(47)55)44-30-32-46-38-56(50-28-16-14-26-48(50)54(46)36-44)52(42-23-11-4-12-24-42)34-40-19-7-2-8-20-40/h1-38H. The summed E-state index contributed by atoms with van der Waals surface area (Å²) in [5, 5.41) is 9.98. The summed E-state index contributed by atoms with van der Waals surface area (Å²) < 4.78 is 0. The van der Waals surface area contributed by atoms with Crippen molar-refractivity contribution in [3.8, 4) is 11.1 Å². The molecule has 0 radical (unpaired) electrons. The SMILES string of the molecule is C(=C(c1ccccc1)c1cc2ccc(-c3ccc4cc(C(=Cc5ccccc5)c5ccccc5)c5ccccc5c4c3)cc2c2ccccc12)c1ccccc1. The summed E-state index contributed by atoms with van der Waals surface area (Å²) in [6.07, 6.45) is 4.64. The van der Waals surface area contributed by atoms with Gasteiger partial charge >= 0.3 is 0 Å². The summed E-state index contributed by atoms with van der Waals surface area (Å²) in [4.78, 5) is 0. The molecular formula is C56H38. The van der Waals surface area contributed by atoms with Crippen LogP contribution in [0.15, 0.2) is 218 Å². The first-order valence-electron chi connectivity index (χ1n) is 19.3. The van der Waals surface area contributed by atoms with E-state index < -0.39 is 0 Å². The van der Waals surface area contributed by atoms with Crippen LogP contribution in [0, 0.1) is 0 Å². The second-order valence-corrected chi connectivity index (χ2v) is 14.5. The Morgan fingerprint density at radius 3 is 1.00 bits per heavy atom. The maximum absolute atomic E-state index is 2.39. The zero-order valence-electron chi connectivity index (χ0n) is 30.9. The molecule has 10 aromatic rings. The Labute approximate surface area is 328 Å². The molecule has 0 heterocycles. The lowest BCUT2D eigenvalue weighted by molar-refractivity contribution is 1.58. The molecule has 56 heavy (non-hydrogen) atoms. The van der Waals surface area contributed by atoms with Gasteiger partial charge in [0.15, 0.2) is 0 Å². The Bertz CT molecular complexity index is 2870. The predicted octanol–water partition coefficient (Wildman–Crippen LogP) is 15.1. The van der Waals surface area contributed by atoms with Gasteiger partial charge < -0.3 is 0 Å². The number of fused-ring (bicyclic) bond motifs is 6. The van der Waals surface area contributed by atoms with Crippen LogP contribution in [0.3, 0.4) is 0 Å². The first-order chi connectivity index (χ1) is 27.8. The topological polar surface area (TPSA) is 0 Å². The molecule has 0 aromatic heterocycles. The van der Waals surface area contributed by atoms with Crippen molar-refractivity contribution in [3.05, 3.63) is 252 Å². The highest BCUT2D eigenvalue weighted by atomic mass is 14.2. The number of rotatable bonds is 7. The molecular weight excluding hydrogens is 673 g/mol. The van der Waals surface area contributed by atoms with Gasteiger partial charge in [0.2, 0.25) is 0 Å². The minimum atomic E-state index is 1.19. The van der Waals surface area contributed by atoms with Crippen molar-refractivity contribution in [1.82, 2.24) is 0 Å². The van der Waals surface area contributed by atoms with E-state index in [4.69, 9.17) is 0 Å². The van der Waals surface area contributed by atoms with Crippen LogP contribution in [-0.4, -0.2) is 0 Å². The molecule has 0 N–H and O–H groups in total. The zero-order valence-corrected chi connectivity index (χ0v) is 30.9. The number of hydrogen-bond acceptors (Lipinski definition) is 0. The molecule has 0 spiro atoms. The fraction of sp³-hybridized carbons (Fsp3) is 0. The van der Waals surface area contributed by atoms with Gasteiger partial charge in [0.1, 0.15) is 0 Å². The van der Waals surface area contributed by atoms with Crippen LogP contribution in [0.1, 0.15) is 33.4 Å². The van der Waals surface area contributed by atoms with Crippen molar-refractivity contribution in [2.75, 3.05) is 0 Å². The van der Waals surface area contributed by atoms with E-state index in [1.54, 1.807) is 0 Å². The fourth-order valence-corrected chi connectivity index (χ4v) is 8.31. The van der Waals surface area contributed by atoms with Gasteiger partial charge in [0.05, 0.1) is 0 Å². The summed E-state index contributed by atoms with van der Waals surface area (Å²) in [5.41, 5.74) is 12.1. The first-order valence-corrected chi connectivity index (χ1v) is 19.3. The highest BCUT2D eigenvalue weighted by molar-refractivity contribution is 6.17. The highest BCUT2D eigenvalue weighted by Crippen LogP contribution is 2.40. The molecule has 0 aliphatic heterocycles. The third-order valence-corrected chi connectivity index (χ3v) is 11.0. The van der Waals surface area contributed by atoms with Crippen LogP contribution < -0.4 is 0 Å². The van der Waals surface area contributed by atoms with Crippen LogP contribution >= 0.6 is 0 Å². The van der Waals surface area contributed by atoms with Crippen LogP contribution in [0.5, 0.6) is 0 Å². The van der Waals surface area contributed by atoms with E-state index in [9.17, 15) is 0 Å². The molecule has 0 unspecified atom stereocenters. The van der Waals surface area contributed by atoms with Gasteiger partial charge in [-0.2, -0.15) is 0 Å². The van der Waals surface area contributed by atoms with Crippen LogP contribution in [0.4, 0.5) is 0 Å². The second kappa shape index (κ2) is 14.5. The third kappa shape index (κ3) is 6.28. The molecule has 0 aliphatic rings. The smallest absolute Gasteiger partial charge is 0.00928 e. The van der Waals surface area contributed by atoms with Crippen molar-refractivity contribution in [2.45, 2.75) is 0 Å². The molecule has 0 fully saturated rings. The van der Waals surface area contributed by atoms with Crippen LogP contribution in [0.2, 0.25) is 0 Å². The third-order valence-electron chi connectivity index (χ3n) is 11.0. The molecule has 10 aromatic carbocycles. The zero-order chi connectivity index (χ0) is 37.3. The quantitative estimate of drug-likeness (QED) is 0.114. The van der Waals surface area contributed by atoms with Gasteiger partial charge in [-0.15, -0.1) is 0 Å². The molecule has 0 heteroatoms. The summed E-state index contributed by atoms with van der Waals surface area (Å²) in [6, 6.07) is 79.3. The maximum atomic E-state index is 2.39. The minimum Gasteiger partial charge on any atom is -0.0622 e. The molecule has 10 rings (SSSR count). The van der Waals surface area contributed by atoms with Gasteiger partial charge in [0, 0.05) is 0 Å². The molecule has 0 saturated heterocycles. The molecule has 0 nitrogen and oxygen atoms in total. The fourth-order valence-electron chi connectivity index (χ4n) is 8.31. The predicted molar refractivity (Wildman–Crippen MR) is 242 cm³/mol. The van der Waals surface area contributed by atoms with E-state index in [-0.39, 0.29) is 0 Å². The van der Waals surface area contributed by atoms with Gasteiger partial charge in [-0.25, -0.2) is 0 Å². The van der Waals surface area contributed by atoms with E-state index in [2.05, 4.69) is 231 Å². The lowest BCUT2D eigenvalue weighted by Crippen LogP contribution is -1.93. The first kappa shape index (κ1) is 33.3. The largest absolute Gasteiger partial charge is 0.0622 e. The Hall–Kier alpha value is -7.28. The molecule has 0 saturated carbocycles. The Morgan fingerprint density at radius 2 is 0.607 bits per heavy atom. The minimum absolute atomic E-state index is 1.19. The van der Waals surface area contributed by atoms with E-state index >= 15 is 0 Å². The summed E-state index contributed by atoms with van der Waals surface area (Å²) in [7, 11) is 0. The Balaban J connectivity index is 1.13. The Morgan fingerprint density at radius 1 is 0.268 bits per heavy atom. The van der Waals surface area contributed by atoms with Crippen LogP contribution in [-0.2, 0) is 0 Å². The molecule has 262 valence electrons. The summed E-state index contributed by atoms with van der Waals surface area (Å²) in [5.74, 6) is 0. The van der Waals surface area contributed by atoms with Gasteiger partial charge in [0.25, 0.3) is 0 Å². The Kier molecular flexibility index (Phi) is 8.63. The van der Waals surface area contributed by atoms with E-state index in [1.807, 2.05) is 0 Å². The van der Waals surface area contributed by atoms with Crippen LogP contribution in [0.25, 0.3) is 77.5 Å². The number of hydrogen-bond donors (Lipinski definition) is 0. The summed E-state index contributed by atoms with van der Waals surface area (Å²) >= 11 is 0. The van der Waals surface area contributed by atoms with Crippen molar-refractivity contribution >= 4 is 66.4 Å². The van der Waals surface area contributed by atoms with Crippen molar-refractivity contribution in [1.29, 1.82) is 0 Å². The molecule has 0 aliphatic carbocycles. The second-order valence-electron chi connectivity index (χ2n) is 14.5. The molecule has 0 bridgehead atoms.